The molecule has 0 aliphatic carbocycles. The van der Waals surface area contributed by atoms with Gasteiger partial charge in [-0.2, -0.15) is 4.98 Å². The number of anilines is 1. The molecule has 3 atom stereocenters. The number of nitrogen functional groups attached to an aromatic ring is 1. The Morgan fingerprint density at radius 2 is 2.30 bits per heavy atom. The fourth-order valence-electron chi connectivity index (χ4n) is 2.57. The van der Waals surface area contributed by atoms with Crippen molar-refractivity contribution in [2.24, 2.45) is 0 Å². The summed E-state index contributed by atoms with van der Waals surface area (Å²) in [7, 11) is -2.79. The summed E-state index contributed by atoms with van der Waals surface area (Å²) in [6.07, 6.45) is 0.237. The van der Waals surface area contributed by atoms with Gasteiger partial charge in [0.1, 0.15) is 7.14 Å². The summed E-state index contributed by atoms with van der Waals surface area (Å²) in [5.74, 6) is -0.0536. The van der Waals surface area contributed by atoms with Gasteiger partial charge in [0.05, 0.1) is 24.8 Å². The Kier molecular flexibility index (Phi) is 2.93. The van der Waals surface area contributed by atoms with Crippen molar-refractivity contribution in [3.05, 3.63) is 16.7 Å². The first kappa shape index (κ1) is 13.3. The predicted molar refractivity (Wildman–Crippen MR) is 72.0 cm³/mol. The fraction of sp³-hybridized carbons (Fsp3) is 0.500. The molecule has 1 saturated heterocycles. The van der Waals surface area contributed by atoms with Crippen molar-refractivity contribution in [1.29, 1.82) is 0 Å². The number of aromatic nitrogens is 4. The second-order valence-corrected chi connectivity index (χ2v) is 8.10. The van der Waals surface area contributed by atoms with Crippen molar-refractivity contribution in [1.82, 2.24) is 19.5 Å². The summed E-state index contributed by atoms with van der Waals surface area (Å²) in [5.41, 5.74) is 5.38. The first-order valence-electron chi connectivity index (χ1n) is 6.02. The van der Waals surface area contributed by atoms with Gasteiger partial charge in [-0.25, -0.2) is 4.98 Å². The first-order valence-corrected chi connectivity index (χ1v) is 8.28. The highest BCUT2D eigenvalue weighted by Crippen LogP contribution is 2.54. The van der Waals surface area contributed by atoms with Gasteiger partial charge in [0.2, 0.25) is 5.95 Å². The highest BCUT2D eigenvalue weighted by atomic mass is 31.2. The molecule has 20 heavy (non-hydrogen) atoms. The summed E-state index contributed by atoms with van der Waals surface area (Å²) in [5, 5.41) is 19.2. The molecular weight excluding hydrogens is 285 g/mol. The standard InChI is InChI=1S/C10H14N5O4P/c11-10-13-8-7(9(18)14-10)12-3-15(8)5-1-20(19,4-16)2-6(5)17/h3,5-6,16-17H,1-2,4H2,(H3,11,13,14,18)/t5-,6-,20-/m1/s1. The normalized spacial score (nSPS) is 30.1. The predicted octanol–water partition coefficient (Wildman–Crippen LogP) is -1.07. The molecule has 2 aromatic heterocycles. The second kappa shape index (κ2) is 4.41. The van der Waals surface area contributed by atoms with E-state index in [0.29, 0.717) is 0 Å². The lowest BCUT2D eigenvalue weighted by molar-refractivity contribution is 0.154. The van der Waals surface area contributed by atoms with Crippen molar-refractivity contribution in [3.63, 3.8) is 0 Å². The van der Waals surface area contributed by atoms with E-state index in [4.69, 9.17) is 5.73 Å². The average Bonchev–Trinajstić information content (AvgIpc) is 2.91. The van der Waals surface area contributed by atoms with Gasteiger partial charge in [0, 0.05) is 12.3 Å². The molecule has 0 unspecified atom stereocenters. The molecule has 0 amide bonds. The highest BCUT2D eigenvalue weighted by Gasteiger charge is 2.42. The van der Waals surface area contributed by atoms with Crippen molar-refractivity contribution in [2.75, 3.05) is 24.4 Å². The van der Waals surface area contributed by atoms with E-state index in [0.717, 1.165) is 0 Å². The van der Waals surface area contributed by atoms with Crippen LogP contribution in [0.15, 0.2) is 11.1 Å². The van der Waals surface area contributed by atoms with Gasteiger partial charge < -0.3 is 25.1 Å². The van der Waals surface area contributed by atoms with Crippen LogP contribution in [-0.4, -0.2) is 54.5 Å². The van der Waals surface area contributed by atoms with Crippen molar-refractivity contribution < 1.29 is 14.8 Å². The van der Waals surface area contributed by atoms with E-state index in [1.54, 1.807) is 0 Å². The molecule has 9 nitrogen and oxygen atoms in total. The summed E-state index contributed by atoms with van der Waals surface area (Å²) >= 11 is 0. The number of nitrogens with one attached hydrogen (secondary N) is 1. The summed E-state index contributed by atoms with van der Waals surface area (Å²) in [4.78, 5) is 22.0. The van der Waals surface area contributed by atoms with Crippen LogP contribution < -0.4 is 11.3 Å². The summed E-state index contributed by atoms with van der Waals surface area (Å²) in [6.45, 7) is 0. The second-order valence-electron chi connectivity index (χ2n) is 4.97. The number of nitrogens with two attached hydrogens (primary N) is 1. The molecule has 5 N–H and O–H groups in total. The van der Waals surface area contributed by atoms with Crippen LogP contribution in [0.4, 0.5) is 5.95 Å². The van der Waals surface area contributed by atoms with Crippen LogP contribution in [0.2, 0.25) is 0 Å². The summed E-state index contributed by atoms with van der Waals surface area (Å²) < 4.78 is 13.7. The third-order valence-electron chi connectivity index (χ3n) is 3.55. The lowest BCUT2D eigenvalue weighted by Gasteiger charge is -2.15. The smallest absolute Gasteiger partial charge is 0.280 e. The Morgan fingerprint density at radius 3 is 2.95 bits per heavy atom. The SMILES string of the molecule is Nc1nc2c(ncn2[C@@H]2C[P@](=O)(CO)C[C@H]2O)c(=O)[nH]1. The molecule has 0 bridgehead atoms. The third kappa shape index (κ3) is 1.94. The van der Waals surface area contributed by atoms with Gasteiger partial charge in [-0.1, -0.05) is 0 Å². The lowest BCUT2D eigenvalue weighted by Crippen LogP contribution is -2.22. The van der Waals surface area contributed by atoms with Crippen molar-refractivity contribution in [3.8, 4) is 0 Å². The van der Waals surface area contributed by atoms with Crippen LogP contribution in [0.1, 0.15) is 6.04 Å². The fourth-order valence-corrected chi connectivity index (χ4v) is 4.98. The van der Waals surface area contributed by atoms with E-state index < -0.39 is 31.2 Å². The molecule has 0 radical (unpaired) electrons. The molecular formula is C10H14N5O4P. The maximum atomic E-state index is 12.2. The van der Waals surface area contributed by atoms with E-state index in [9.17, 15) is 19.6 Å². The molecule has 2 aromatic rings. The first-order chi connectivity index (χ1) is 9.43. The highest BCUT2D eigenvalue weighted by molar-refractivity contribution is 7.64. The Balaban J connectivity index is 2.12. The minimum Gasteiger partial charge on any atom is -0.390 e. The van der Waals surface area contributed by atoms with E-state index in [1.807, 2.05) is 0 Å². The third-order valence-corrected chi connectivity index (χ3v) is 6.14. The largest absolute Gasteiger partial charge is 0.390 e. The van der Waals surface area contributed by atoms with Gasteiger partial charge in [0.25, 0.3) is 5.56 Å². The maximum absolute atomic E-state index is 12.2. The van der Waals surface area contributed by atoms with Gasteiger partial charge in [-0.05, 0) is 0 Å². The Morgan fingerprint density at radius 1 is 1.55 bits per heavy atom. The molecule has 1 aliphatic rings. The quantitative estimate of drug-likeness (QED) is 0.516. The van der Waals surface area contributed by atoms with Crippen molar-refractivity contribution >= 4 is 24.3 Å². The number of aliphatic hydroxyl groups excluding tert-OH is 2. The maximum Gasteiger partial charge on any atom is 0.280 e. The Labute approximate surface area is 112 Å². The van der Waals surface area contributed by atoms with Crippen molar-refractivity contribution in [2.45, 2.75) is 12.1 Å². The van der Waals surface area contributed by atoms with Gasteiger partial charge >= 0.3 is 0 Å². The molecule has 0 saturated carbocycles. The number of imidazole rings is 1. The number of aliphatic hydroxyl groups is 2. The molecule has 3 rings (SSSR count). The molecule has 3 heterocycles. The average molecular weight is 299 g/mol. The van der Waals surface area contributed by atoms with Gasteiger partial charge in [-0.15, -0.1) is 0 Å². The minimum absolute atomic E-state index is 0.0481. The Bertz CT molecular complexity index is 769. The lowest BCUT2D eigenvalue weighted by atomic mass is 10.2. The molecule has 1 aliphatic heterocycles. The number of H-pyrrole nitrogens is 1. The van der Waals surface area contributed by atoms with Crippen LogP contribution in [0.3, 0.4) is 0 Å². The number of aromatic amines is 1. The number of nitrogens with zero attached hydrogens (tertiary/aromatic N) is 3. The monoisotopic (exact) mass is 299 g/mol. The molecule has 10 heteroatoms. The molecule has 0 spiro atoms. The van der Waals surface area contributed by atoms with E-state index in [-0.39, 0.29) is 29.4 Å². The topological polar surface area (TPSA) is 147 Å². The summed E-state index contributed by atoms with van der Waals surface area (Å²) in [6, 6.07) is -0.535. The van der Waals surface area contributed by atoms with Crippen LogP contribution >= 0.6 is 7.14 Å². The zero-order valence-corrected chi connectivity index (χ0v) is 11.3. The molecule has 1 fully saturated rings. The van der Waals surface area contributed by atoms with Crippen LogP contribution in [0.25, 0.3) is 11.2 Å². The minimum atomic E-state index is -2.79. The van der Waals surface area contributed by atoms with E-state index in [1.165, 1.54) is 10.9 Å². The number of fused-ring (bicyclic) bond motifs is 1. The zero-order chi connectivity index (χ0) is 14.5. The molecule has 108 valence electrons. The number of hydrogen-bond acceptors (Lipinski definition) is 7. The van der Waals surface area contributed by atoms with E-state index in [2.05, 4.69) is 15.0 Å². The van der Waals surface area contributed by atoms with Gasteiger partial charge in [0.15, 0.2) is 11.2 Å². The number of rotatable bonds is 2. The zero-order valence-electron chi connectivity index (χ0n) is 10.4. The van der Waals surface area contributed by atoms with E-state index >= 15 is 0 Å². The van der Waals surface area contributed by atoms with Gasteiger partial charge in [-0.3, -0.25) is 9.78 Å². The van der Waals surface area contributed by atoms with Crippen LogP contribution in [0.5, 0.6) is 0 Å². The van der Waals surface area contributed by atoms with Crippen LogP contribution in [-0.2, 0) is 4.57 Å². The molecule has 0 aromatic carbocycles. The number of hydrogen-bond donors (Lipinski definition) is 4. The van der Waals surface area contributed by atoms with Crippen LogP contribution in [0, 0.1) is 0 Å². The Hall–Kier alpha value is -1.70.